The first kappa shape index (κ1) is 14.5. The van der Waals surface area contributed by atoms with E-state index in [1.54, 1.807) is 0 Å². The minimum absolute atomic E-state index is 0.0484. The minimum Gasteiger partial charge on any atom is -0.405 e. The molecule has 1 N–H and O–H groups in total. The molecule has 0 heterocycles. The molecule has 0 atom stereocenters. The monoisotopic (exact) mass is 261 g/mol. The summed E-state index contributed by atoms with van der Waals surface area (Å²) in [5, 5.41) is 2.93. The number of hydrogen-bond acceptors (Lipinski definition) is 3. The highest BCUT2D eigenvalue weighted by Gasteiger charge is 2.32. The zero-order valence-corrected chi connectivity index (χ0v) is 9.88. The zero-order valence-electron chi connectivity index (χ0n) is 9.88. The molecule has 1 aromatic carbocycles. The molecule has 1 aromatic rings. The average Bonchev–Trinajstić information content (AvgIpc) is 2.27. The van der Waals surface area contributed by atoms with Gasteiger partial charge in [0.25, 0.3) is 0 Å². The Balaban J connectivity index is 2.78. The quantitative estimate of drug-likeness (QED) is 0.632. The lowest BCUT2D eigenvalue weighted by atomic mass is 10.1. The van der Waals surface area contributed by atoms with Gasteiger partial charge in [-0.05, 0) is 18.7 Å². The molecule has 0 unspecified atom stereocenters. The second kappa shape index (κ2) is 6.39. The van der Waals surface area contributed by atoms with E-state index in [0.717, 1.165) is 6.07 Å². The van der Waals surface area contributed by atoms with Gasteiger partial charge >= 0.3 is 6.36 Å². The van der Waals surface area contributed by atoms with Crippen molar-refractivity contribution in [1.82, 2.24) is 5.32 Å². The Bertz CT molecular complexity index is 405. The molecular weight excluding hydrogens is 247 g/mol. The molecule has 0 amide bonds. The Morgan fingerprint density at radius 2 is 2.00 bits per heavy atom. The Morgan fingerprint density at radius 1 is 1.33 bits per heavy atom. The van der Waals surface area contributed by atoms with E-state index in [1.807, 2.05) is 6.92 Å². The zero-order chi connectivity index (χ0) is 13.6. The molecule has 100 valence electrons. The predicted octanol–water partition coefficient (Wildman–Crippen LogP) is 2.77. The van der Waals surface area contributed by atoms with Gasteiger partial charge in [0.2, 0.25) is 0 Å². The number of carbonyl (C=O) groups is 1. The highest BCUT2D eigenvalue weighted by Crippen LogP contribution is 2.26. The topological polar surface area (TPSA) is 38.3 Å². The third-order valence-electron chi connectivity index (χ3n) is 2.19. The van der Waals surface area contributed by atoms with E-state index < -0.39 is 12.1 Å². The van der Waals surface area contributed by atoms with Crippen molar-refractivity contribution in [3.05, 3.63) is 29.8 Å². The maximum atomic E-state index is 12.1. The van der Waals surface area contributed by atoms with Crippen LogP contribution in [0.25, 0.3) is 0 Å². The third-order valence-corrected chi connectivity index (χ3v) is 2.19. The van der Waals surface area contributed by atoms with Crippen LogP contribution in [0.5, 0.6) is 5.75 Å². The predicted molar refractivity (Wildman–Crippen MR) is 60.6 cm³/mol. The molecule has 0 spiro atoms. The van der Waals surface area contributed by atoms with E-state index in [9.17, 15) is 18.0 Å². The van der Waals surface area contributed by atoms with Crippen LogP contribution in [0.2, 0.25) is 0 Å². The number of alkyl halides is 3. The van der Waals surface area contributed by atoms with Crippen LogP contribution < -0.4 is 10.1 Å². The molecule has 0 aliphatic heterocycles. The van der Waals surface area contributed by atoms with Gasteiger partial charge < -0.3 is 10.1 Å². The lowest BCUT2D eigenvalue weighted by Gasteiger charge is -2.12. The van der Waals surface area contributed by atoms with Gasteiger partial charge in [-0.1, -0.05) is 19.1 Å². The van der Waals surface area contributed by atoms with E-state index in [-0.39, 0.29) is 17.8 Å². The van der Waals surface area contributed by atoms with Crippen molar-refractivity contribution in [1.29, 1.82) is 0 Å². The van der Waals surface area contributed by atoms with Crippen LogP contribution in [-0.4, -0.2) is 25.2 Å². The Labute approximate surface area is 103 Å². The van der Waals surface area contributed by atoms with E-state index in [2.05, 4.69) is 10.1 Å². The van der Waals surface area contributed by atoms with Gasteiger partial charge in [-0.25, -0.2) is 0 Å². The van der Waals surface area contributed by atoms with Gasteiger partial charge in [0.05, 0.1) is 5.56 Å². The number of Topliss-reactive ketones (excluding diaryl/α,β-unsaturated/α-hetero) is 1. The van der Waals surface area contributed by atoms with Gasteiger partial charge in [-0.15, -0.1) is 13.2 Å². The fourth-order valence-electron chi connectivity index (χ4n) is 1.42. The molecule has 0 aliphatic carbocycles. The van der Waals surface area contributed by atoms with Crippen LogP contribution in [0.15, 0.2) is 24.3 Å². The van der Waals surface area contributed by atoms with Crippen molar-refractivity contribution in [2.75, 3.05) is 13.1 Å². The standard InChI is InChI=1S/C12H14F3NO2/c1-2-16-8-7-10(17)9-5-3-4-6-11(9)18-12(13,14)15/h3-6,16H,2,7-8H2,1H3. The molecule has 3 nitrogen and oxygen atoms in total. The Kier molecular flexibility index (Phi) is 5.15. The number of rotatable bonds is 6. The lowest BCUT2D eigenvalue weighted by molar-refractivity contribution is -0.274. The number of halogens is 3. The van der Waals surface area contributed by atoms with E-state index >= 15 is 0 Å². The van der Waals surface area contributed by atoms with Crippen molar-refractivity contribution >= 4 is 5.78 Å². The fourth-order valence-corrected chi connectivity index (χ4v) is 1.42. The first-order valence-electron chi connectivity index (χ1n) is 5.52. The molecule has 18 heavy (non-hydrogen) atoms. The van der Waals surface area contributed by atoms with Crippen molar-refractivity contribution in [2.24, 2.45) is 0 Å². The second-order valence-corrected chi connectivity index (χ2v) is 3.57. The maximum Gasteiger partial charge on any atom is 0.573 e. The smallest absolute Gasteiger partial charge is 0.405 e. The SMILES string of the molecule is CCNCCC(=O)c1ccccc1OC(F)(F)F. The summed E-state index contributed by atoms with van der Waals surface area (Å²) in [5.74, 6) is -0.831. The highest BCUT2D eigenvalue weighted by molar-refractivity contribution is 5.98. The first-order chi connectivity index (χ1) is 8.44. The lowest BCUT2D eigenvalue weighted by Crippen LogP contribution is -2.21. The van der Waals surface area contributed by atoms with Crippen molar-refractivity contribution in [2.45, 2.75) is 19.7 Å². The number of hydrogen-bond donors (Lipinski definition) is 1. The first-order valence-corrected chi connectivity index (χ1v) is 5.52. The van der Waals surface area contributed by atoms with Crippen LogP contribution in [0, 0.1) is 0 Å². The normalized spacial score (nSPS) is 11.3. The fraction of sp³-hybridized carbons (Fsp3) is 0.417. The number of nitrogens with one attached hydrogen (secondary N) is 1. The number of ketones is 1. The van der Waals surface area contributed by atoms with Gasteiger partial charge in [0, 0.05) is 13.0 Å². The van der Waals surface area contributed by atoms with Crippen LogP contribution in [0.1, 0.15) is 23.7 Å². The van der Waals surface area contributed by atoms with Crippen molar-refractivity contribution < 1.29 is 22.7 Å². The number of carbonyl (C=O) groups excluding carboxylic acids is 1. The van der Waals surface area contributed by atoms with E-state index in [1.165, 1.54) is 18.2 Å². The van der Waals surface area contributed by atoms with Gasteiger partial charge in [-0.3, -0.25) is 4.79 Å². The molecule has 6 heteroatoms. The Hall–Kier alpha value is -1.56. The largest absolute Gasteiger partial charge is 0.573 e. The van der Waals surface area contributed by atoms with Crippen LogP contribution in [0.4, 0.5) is 13.2 Å². The molecule has 0 aliphatic rings. The maximum absolute atomic E-state index is 12.1. The highest BCUT2D eigenvalue weighted by atomic mass is 19.4. The average molecular weight is 261 g/mol. The second-order valence-electron chi connectivity index (χ2n) is 3.57. The number of para-hydroxylation sites is 1. The molecule has 0 saturated carbocycles. The summed E-state index contributed by atoms with van der Waals surface area (Å²) in [6.45, 7) is 3.01. The molecule has 0 bridgehead atoms. The molecule has 0 fully saturated rings. The summed E-state index contributed by atoms with van der Waals surface area (Å²) in [6, 6.07) is 5.36. The summed E-state index contributed by atoms with van der Waals surface area (Å²) in [7, 11) is 0. The summed E-state index contributed by atoms with van der Waals surface area (Å²) in [4.78, 5) is 11.7. The number of benzene rings is 1. The van der Waals surface area contributed by atoms with Gasteiger partial charge in [-0.2, -0.15) is 0 Å². The molecule has 0 saturated heterocycles. The van der Waals surface area contributed by atoms with Gasteiger partial charge in [0.1, 0.15) is 5.75 Å². The van der Waals surface area contributed by atoms with E-state index in [4.69, 9.17) is 0 Å². The number of ether oxygens (including phenoxy) is 1. The summed E-state index contributed by atoms with van der Waals surface area (Å²) < 4.78 is 40.3. The van der Waals surface area contributed by atoms with Crippen LogP contribution >= 0.6 is 0 Å². The summed E-state index contributed by atoms with van der Waals surface area (Å²) in [6.07, 6.45) is -4.66. The third kappa shape index (κ3) is 4.75. The molecule has 0 aromatic heterocycles. The van der Waals surface area contributed by atoms with Gasteiger partial charge in [0.15, 0.2) is 5.78 Å². The Morgan fingerprint density at radius 3 is 2.61 bits per heavy atom. The van der Waals surface area contributed by atoms with Crippen molar-refractivity contribution in [3.8, 4) is 5.75 Å². The summed E-state index contributed by atoms with van der Waals surface area (Å²) >= 11 is 0. The minimum atomic E-state index is -4.79. The van der Waals surface area contributed by atoms with Crippen molar-refractivity contribution in [3.63, 3.8) is 0 Å². The molecule has 0 radical (unpaired) electrons. The summed E-state index contributed by atoms with van der Waals surface area (Å²) in [5.41, 5.74) is -0.0484. The van der Waals surface area contributed by atoms with Crippen LogP contribution in [-0.2, 0) is 0 Å². The molecule has 1 rings (SSSR count). The van der Waals surface area contributed by atoms with E-state index in [0.29, 0.717) is 13.1 Å². The van der Waals surface area contributed by atoms with Crippen LogP contribution in [0.3, 0.4) is 0 Å². The molecular formula is C12H14F3NO2.